The number of esters is 1. The van der Waals surface area contributed by atoms with Gasteiger partial charge in [0.05, 0.1) is 13.4 Å². The van der Waals surface area contributed by atoms with Gasteiger partial charge in [-0.3, -0.25) is 4.79 Å². The minimum absolute atomic E-state index is 0.155. The van der Waals surface area contributed by atoms with E-state index in [1.165, 1.54) is 13.4 Å². The van der Waals surface area contributed by atoms with E-state index in [1.807, 2.05) is 6.07 Å². The van der Waals surface area contributed by atoms with Crippen LogP contribution in [0, 0.1) is 0 Å². The molecule has 21 heavy (non-hydrogen) atoms. The molecule has 1 aromatic carbocycles. The van der Waals surface area contributed by atoms with Crippen LogP contribution in [0.2, 0.25) is 0 Å². The van der Waals surface area contributed by atoms with Crippen molar-refractivity contribution in [3.8, 4) is 0 Å². The van der Waals surface area contributed by atoms with Gasteiger partial charge >= 0.3 is 5.97 Å². The second kappa shape index (κ2) is 6.60. The van der Waals surface area contributed by atoms with Crippen molar-refractivity contribution in [2.75, 3.05) is 19.5 Å². The maximum absolute atomic E-state index is 11.6. The third-order valence-electron chi connectivity index (χ3n) is 2.95. The maximum atomic E-state index is 11.6. The van der Waals surface area contributed by atoms with Crippen LogP contribution < -0.4 is 10.6 Å². The number of carbonyl (C=O) groups is 2. The minimum Gasteiger partial charge on any atom is -0.463 e. The average molecular weight is 288 g/mol. The molecule has 0 atom stereocenters. The van der Waals surface area contributed by atoms with Crippen molar-refractivity contribution >= 4 is 17.6 Å². The molecule has 1 aromatic heterocycles. The number of nitrogens with one attached hydrogen (secondary N) is 2. The zero-order valence-electron chi connectivity index (χ0n) is 11.8. The fourth-order valence-electron chi connectivity index (χ4n) is 1.86. The Kier molecular flexibility index (Phi) is 4.61. The summed E-state index contributed by atoms with van der Waals surface area (Å²) in [5.41, 5.74) is 2.02. The van der Waals surface area contributed by atoms with Gasteiger partial charge in [0.25, 0.3) is 5.91 Å². The zero-order chi connectivity index (χ0) is 15.2. The molecular weight excluding hydrogens is 272 g/mol. The molecule has 0 aliphatic carbocycles. The summed E-state index contributed by atoms with van der Waals surface area (Å²) in [5, 5.41) is 5.70. The maximum Gasteiger partial charge on any atom is 0.374 e. The third kappa shape index (κ3) is 3.42. The van der Waals surface area contributed by atoms with E-state index in [2.05, 4.69) is 15.4 Å². The zero-order valence-corrected chi connectivity index (χ0v) is 11.8. The summed E-state index contributed by atoms with van der Waals surface area (Å²) >= 11 is 0. The van der Waals surface area contributed by atoms with Gasteiger partial charge in [0.1, 0.15) is 0 Å². The van der Waals surface area contributed by atoms with Crippen molar-refractivity contribution in [1.82, 2.24) is 5.32 Å². The predicted octanol–water partition coefficient (Wildman–Crippen LogP) is 2.04. The second-order valence-corrected chi connectivity index (χ2v) is 4.28. The molecule has 6 heteroatoms. The first-order valence-corrected chi connectivity index (χ1v) is 6.36. The number of furan rings is 1. The number of amides is 1. The normalized spacial score (nSPS) is 10.0. The molecule has 1 heterocycles. The monoisotopic (exact) mass is 288 g/mol. The summed E-state index contributed by atoms with van der Waals surface area (Å²) in [4.78, 5) is 23.1. The molecule has 110 valence electrons. The lowest BCUT2D eigenvalue weighted by atomic mass is 10.2. The van der Waals surface area contributed by atoms with Crippen LogP contribution in [-0.4, -0.2) is 26.0 Å². The summed E-state index contributed by atoms with van der Waals surface area (Å²) in [6.45, 7) is 0.387. The number of hydrogen-bond donors (Lipinski definition) is 2. The van der Waals surface area contributed by atoms with Crippen molar-refractivity contribution in [2.24, 2.45) is 0 Å². The van der Waals surface area contributed by atoms with Crippen LogP contribution in [-0.2, 0) is 11.3 Å². The van der Waals surface area contributed by atoms with Crippen molar-refractivity contribution in [1.29, 1.82) is 0 Å². The molecule has 0 unspecified atom stereocenters. The fraction of sp³-hybridized carbons (Fsp3) is 0.200. The Bertz CT molecular complexity index is 649. The Hall–Kier alpha value is -2.76. The van der Waals surface area contributed by atoms with Crippen LogP contribution >= 0.6 is 0 Å². The standard InChI is InChI=1S/C15H16N2O4/c1-16-14(18)10-4-3-5-12(8-10)17-9-11-6-7-21-13(11)15(19)20-2/h3-8,17H,9H2,1-2H3,(H,16,18). The molecule has 0 saturated carbocycles. The van der Waals surface area contributed by atoms with Crippen LogP contribution in [0.25, 0.3) is 0 Å². The van der Waals surface area contributed by atoms with E-state index < -0.39 is 5.97 Å². The molecule has 0 saturated heterocycles. The molecule has 0 aliphatic rings. The fourth-order valence-corrected chi connectivity index (χ4v) is 1.86. The number of anilines is 1. The lowest BCUT2D eigenvalue weighted by molar-refractivity contribution is 0.0563. The van der Waals surface area contributed by atoms with Gasteiger partial charge in [-0.05, 0) is 24.3 Å². The topological polar surface area (TPSA) is 80.6 Å². The molecule has 2 N–H and O–H groups in total. The van der Waals surface area contributed by atoms with Gasteiger partial charge in [0, 0.05) is 30.4 Å². The molecule has 0 aliphatic heterocycles. The highest BCUT2D eigenvalue weighted by atomic mass is 16.5. The molecule has 6 nitrogen and oxygen atoms in total. The van der Waals surface area contributed by atoms with E-state index in [0.717, 1.165) is 5.69 Å². The van der Waals surface area contributed by atoms with E-state index in [-0.39, 0.29) is 11.7 Å². The van der Waals surface area contributed by atoms with Crippen LogP contribution in [0.1, 0.15) is 26.5 Å². The highest BCUT2D eigenvalue weighted by Gasteiger charge is 2.15. The van der Waals surface area contributed by atoms with Gasteiger partial charge in [-0.2, -0.15) is 0 Å². The first kappa shape index (κ1) is 14.6. The Balaban J connectivity index is 2.08. The van der Waals surface area contributed by atoms with Gasteiger partial charge < -0.3 is 19.8 Å². The molecule has 0 radical (unpaired) electrons. The first-order chi connectivity index (χ1) is 10.2. The second-order valence-electron chi connectivity index (χ2n) is 4.28. The third-order valence-corrected chi connectivity index (χ3v) is 2.95. The van der Waals surface area contributed by atoms with Gasteiger partial charge in [-0.1, -0.05) is 6.07 Å². The lowest BCUT2D eigenvalue weighted by Gasteiger charge is -2.08. The molecule has 0 fully saturated rings. The minimum atomic E-state index is -0.518. The summed E-state index contributed by atoms with van der Waals surface area (Å²) in [5.74, 6) is -0.499. The Morgan fingerprint density at radius 3 is 2.81 bits per heavy atom. The van der Waals surface area contributed by atoms with Crippen LogP contribution in [0.5, 0.6) is 0 Å². The summed E-state index contributed by atoms with van der Waals surface area (Å²) in [6, 6.07) is 8.77. The summed E-state index contributed by atoms with van der Waals surface area (Å²) in [6.07, 6.45) is 1.43. The van der Waals surface area contributed by atoms with Gasteiger partial charge in [-0.15, -0.1) is 0 Å². The number of rotatable bonds is 5. The van der Waals surface area contributed by atoms with Crippen molar-refractivity contribution in [3.05, 3.63) is 53.5 Å². The van der Waals surface area contributed by atoms with E-state index in [1.54, 1.807) is 31.3 Å². The number of hydrogen-bond acceptors (Lipinski definition) is 5. The highest BCUT2D eigenvalue weighted by molar-refractivity contribution is 5.94. The first-order valence-electron chi connectivity index (χ1n) is 6.36. The molecule has 2 rings (SSSR count). The molecule has 0 bridgehead atoms. The van der Waals surface area contributed by atoms with Crippen LogP contribution in [0.3, 0.4) is 0 Å². The largest absolute Gasteiger partial charge is 0.463 e. The van der Waals surface area contributed by atoms with Gasteiger partial charge in [-0.25, -0.2) is 4.79 Å². The van der Waals surface area contributed by atoms with Gasteiger partial charge in [0.15, 0.2) is 0 Å². The van der Waals surface area contributed by atoms with E-state index in [4.69, 9.17) is 4.42 Å². The summed E-state index contributed by atoms with van der Waals surface area (Å²) < 4.78 is 9.75. The molecule has 0 spiro atoms. The lowest BCUT2D eigenvalue weighted by Crippen LogP contribution is -2.17. The molecule has 2 aromatic rings. The SMILES string of the molecule is CNC(=O)c1cccc(NCc2ccoc2C(=O)OC)c1. The van der Waals surface area contributed by atoms with Crippen LogP contribution in [0.15, 0.2) is 41.0 Å². The average Bonchev–Trinajstić information content (AvgIpc) is 3.00. The quantitative estimate of drug-likeness (QED) is 0.823. The van der Waals surface area contributed by atoms with Gasteiger partial charge in [0.2, 0.25) is 5.76 Å². The van der Waals surface area contributed by atoms with E-state index in [0.29, 0.717) is 17.7 Å². The Morgan fingerprint density at radius 2 is 2.10 bits per heavy atom. The van der Waals surface area contributed by atoms with Crippen molar-refractivity contribution < 1.29 is 18.7 Å². The smallest absolute Gasteiger partial charge is 0.374 e. The number of ether oxygens (including phenoxy) is 1. The Morgan fingerprint density at radius 1 is 1.29 bits per heavy atom. The Labute approximate surface area is 122 Å². The number of carbonyl (C=O) groups excluding carboxylic acids is 2. The number of methoxy groups -OCH3 is 1. The number of benzene rings is 1. The predicted molar refractivity (Wildman–Crippen MR) is 77.2 cm³/mol. The van der Waals surface area contributed by atoms with Crippen molar-refractivity contribution in [2.45, 2.75) is 6.54 Å². The van der Waals surface area contributed by atoms with Crippen LogP contribution in [0.4, 0.5) is 5.69 Å². The van der Waals surface area contributed by atoms with E-state index >= 15 is 0 Å². The molecule has 1 amide bonds. The van der Waals surface area contributed by atoms with E-state index in [9.17, 15) is 9.59 Å². The summed E-state index contributed by atoms with van der Waals surface area (Å²) in [7, 11) is 2.88. The molecular formula is C15H16N2O4. The highest BCUT2D eigenvalue weighted by Crippen LogP contribution is 2.16. The van der Waals surface area contributed by atoms with Crippen molar-refractivity contribution in [3.63, 3.8) is 0 Å².